The molecule has 21 heavy (non-hydrogen) atoms. The minimum atomic E-state index is 0.0806. The monoisotopic (exact) mass is 289 g/mol. The maximum Gasteiger partial charge on any atom is 0.241 e. The van der Waals surface area contributed by atoms with Gasteiger partial charge in [0.05, 0.1) is 6.10 Å². The molecule has 0 spiro atoms. The van der Waals surface area contributed by atoms with Crippen LogP contribution in [-0.2, 0) is 16.1 Å². The molecule has 3 aliphatic rings. The molecule has 2 aliphatic carbocycles. The zero-order valence-corrected chi connectivity index (χ0v) is 12.3. The Morgan fingerprint density at radius 3 is 2.95 bits per heavy atom. The number of hydrogen-bond donors (Lipinski definition) is 1. The molecular formula is C16H23N3O2. The highest BCUT2D eigenvalue weighted by Crippen LogP contribution is 2.51. The second-order valence-electron chi connectivity index (χ2n) is 6.71. The molecule has 1 N–H and O–H groups in total. The van der Waals surface area contributed by atoms with Crippen LogP contribution in [0.2, 0.25) is 0 Å². The maximum atomic E-state index is 12.2. The fraction of sp³-hybridized carbons (Fsp3) is 0.750. The van der Waals surface area contributed by atoms with Gasteiger partial charge in [-0.05, 0) is 18.4 Å². The van der Waals surface area contributed by atoms with E-state index in [1.807, 2.05) is 12.3 Å². The van der Waals surface area contributed by atoms with Crippen molar-refractivity contribution >= 4 is 5.91 Å². The van der Waals surface area contributed by atoms with Gasteiger partial charge >= 0.3 is 0 Å². The number of carbonyl (C=O) groups is 1. The highest BCUT2D eigenvalue weighted by molar-refractivity contribution is 5.76. The first kappa shape index (κ1) is 13.3. The Kier molecular flexibility index (Phi) is 3.45. The molecule has 2 saturated carbocycles. The van der Waals surface area contributed by atoms with Gasteiger partial charge in [0.1, 0.15) is 6.54 Å². The van der Waals surface area contributed by atoms with Crippen LogP contribution < -0.4 is 5.32 Å². The zero-order valence-electron chi connectivity index (χ0n) is 12.3. The molecule has 4 atom stereocenters. The lowest BCUT2D eigenvalue weighted by atomic mass is 9.61. The van der Waals surface area contributed by atoms with E-state index < -0.39 is 0 Å². The van der Waals surface area contributed by atoms with Crippen LogP contribution in [0.4, 0.5) is 0 Å². The quantitative estimate of drug-likeness (QED) is 0.916. The van der Waals surface area contributed by atoms with Gasteiger partial charge in [-0.3, -0.25) is 9.48 Å². The van der Waals surface area contributed by atoms with Gasteiger partial charge in [-0.1, -0.05) is 25.7 Å². The van der Waals surface area contributed by atoms with Crippen molar-refractivity contribution in [2.75, 3.05) is 6.61 Å². The predicted octanol–water partition coefficient (Wildman–Crippen LogP) is 1.59. The predicted molar refractivity (Wildman–Crippen MR) is 77.5 cm³/mol. The van der Waals surface area contributed by atoms with E-state index in [1.165, 1.54) is 25.7 Å². The van der Waals surface area contributed by atoms with E-state index in [0.717, 1.165) is 18.9 Å². The summed E-state index contributed by atoms with van der Waals surface area (Å²) in [7, 11) is 0. The summed E-state index contributed by atoms with van der Waals surface area (Å²) in [6.45, 7) is 1.18. The van der Waals surface area contributed by atoms with Crippen LogP contribution in [0.5, 0.6) is 0 Å². The van der Waals surface area contributed by atoms with Gasteiger partial charge in [0.25, 0.3) is 0 Å². The van der Waals surface area contributed by atoms with E-state index in [0.29, 0.717) is 30.5 Å². The largest absolute Gasteiger partial charge is 0.377 e. The summed E-state index contributed by atoms with van der Waals surface area (Å²) in [5.41, 5.74) is 0. The second kappa shape index (κ2) is 5.44. The molecule has 3 fully saturated rings. The number of nitrogens with zero attached hydrogens (tertiary/aromatic N) is 2. The molecule has 5 nitrogen and oxygen atoms in total. The van der Waals surface area contributed by atoms with E-state index >= 15 is 0 Å². The first-order chi connectivity index (χ1) is 10.3. The maximum absolute atomic E-state index is 12.2. The average Bonchev–Trinajstić information content (AvgIpc) is 3.18. The number of hydrogen-bond acceptors (Lipinski definition) is 3. The molecule has 1 amide bonds. The molecule has 1 aliphatic heterocycles. The Hall–Kier alpha value is -1.36. The van der Waals surface area contributed by atoms with E-state index in [4.69, 9.17) is 4.74 Å². The lowest BCUT2D eigenvalue weighted by molar-refractivity contribution is -0.130. The summed E-state index contributed by atoms with van der Waals surface area (Å²) in [4.78, 5) is 12.2. The lowest BCUT2D eigenvalue weighted by Crippen LogP contribution is -2.63. The third-order valence-corrected chi connectivity index (χ3v) is 5.58. The van der Waals surface area contributed by atoms with Crippen molar-refractivity contribution in [3.05, 3.63) is 18.5 Å². The van der Waals surface area contributed by atoms with Crippen molar-refractivity contribution in [2.45, 2.75) is 50.8 Å². The van der Waals surface area contributed by atoms with Crippen molar-refractivity contribution in [2.24, 2.45) is 17.8 Å². The highest BCUT2D eigenvalue weighted by atomic mass is 16.5. The molecule has 4 rings (SSSR count). The fourth-order valence-electron chi connectivity index (χ4n) is 4.63. The van der Waals surface area contributed by atoms with Crippen LogP contribution in [0.25, 0.3) is 0 Å². The van der Waals surface area contributed by atoms with Gasteiger partial charge in [-0.2, -0.15) is 5.10 Å². The van der Waals surface area contributed by atoms with Gasteiger partial charge in [-0.15, -0.1) is 0 Å². The summed E-state index contributed by atoms with van der Waals surface area (Å²) in [5.74, 6) is 1.91. The van der Waals surface area contributed by atoms with E-state index in [9.17, 15) is 4.79 Å². The minimum absolute atomic E-state index is 0.0806. The fourth-order valence-corrected chi connectivity index (χ4v) is 4.63. The summed E-state index contributed by atoms with van der Waals surface area (Å²) in [5, 5.41) is 7.37. The number of carbonyl (C=O) groups excluding carboxylic acids is 1. The van der Waals surface area contributed by atoms with Gasteiger partial charge in [0.15, 0.2) is 0 Å². The molecule has 0 unspecified atom stereocenters. The van der Waals surface area contributed by atoms with Crippen LogP contribution in [0.3, 0.4) is 0 Å². The number of fused-ring (bicyclic) bond motifs is 1. The van der Waals surface area contributed by atoms with Crippen molar-refractivity contribution < 1.29 is 9.53 Å². The van der Waals surface area contributed by atoms with Gasteiger partial charge in [0.2, 0.25) is 5.91 Å². The number of amides is 1. The van der Waals surface area contributed by atoms with Gasteiger partial charge in [-0.25, -0.2) is 0 Å². The number of nitrogens with one attached hydrogen (secondary N) is 1. The molecule has 0 radical (unpaired) electrons. The van der Waals surface area contributed by atoms with Crippen LogP contribution in [-0.4, -0.2) is 34.4 Å². The molecule has 1 aromatic heterocycles. The Balaban J connectivity index is 1.41. The molecule has 1 saturated heterocycles. The number of rotatable bonds is 4. The Bertz CT molecular complexity index is 491. The van der Waals surface area contributed by atoms with Crippen LogP contribution in [0.1, 0.15) is 32.1 Å². The summed E-state index contributed by atoms with van der Waals surface area (Å²) in [6, 6.07) is 2.17. The average molecular weight is 289 g/mol. The van der Waals surface area contributed by atoms with Gasteiger partial charge in [0, 0.05) is 36.9 Å². The van der Waals surface area contributed by atoms with Crippen molar-refractivity contribution in [3.8, 4) is 0 Å². The molecule has 0 aromatic carbocycles. The van der Waals surface area contributed by atoms with Crippen molar-refractivity contribution in [3.63, 3.8) is 0 Å². The Labute approximate surface area is 125 Å². The summed E-state index contributed by atoms with van der Waals surface area (Å²) >= 11 is 0. The Morgan fingerprint density at radius 2 is 2.19 bits per heavy atom. The normalized spacial score (nSPS) is 35.4. The number of aromatic nitrogens is 2. The van der Waals surface area contributed by atoms with Gasteiger partial charge < -0.3 is 10.1 Å². The number of ether oxygens (including phenoxy) is 1. The molecule has 5 heteroatoms. The molecular weight excluding hydrogens is 266 g/mol. The third kappa shape index (κ3) is 2.37. The highest BCUT2D eigenvalue weighted by Gasteiger charge is 2.56. The molecule has 114 valence electrons. The first-order valence-corrected chi connectivity index (χ1v) is 8.21. The standard InChI is InChI=1S/C16H23N3O2/c20-13(10-19-8-3-7-17-19)18-15-12-6-9-21-16(12)14(15)11-4-1-2-5-11/h3,7-8,11-12,14-16H,1-2,4-6,9-10H2,(H,18,20)/t12-,14+,15+,16-/m1/s1. The minimum Gasteiger partial charge on any atom is -0.377 e. The lowest BCUT2D eigenvalue weighted by Gasteiger charge is -2.50. The smallest absolute Gasteiger partial charge is 0.241 e. The van der Waals surface area contributed by atoms with E-state index in [-0.39, 0.29) is 5.91 Å². The third-order valence-electron chi connectivity index (χ3n) is 5.58. The van der Waals surface area contributed by atoms with E-state index in [1.54, 1.807) is 10.9 Å². The summed E-state index contributed by atoms with van der Waals surface area (Å²) in [6.07, 6.45) is 10.3. The first-order valence-electron chi connectivity index (χ1n) is 8.21. The molecule has 1 aromatic rings. The topological polar surface area (TPSA) is 56.2 Å². The molecule has 0 bridgehead atoms. The summed E-state index contributed by atoms with van der Waals surface area (Å²) < 4.78 is 7.61. The van der Waals surface area contributed by atoms with E-state index in [2.05, 4.69) is 10.4 Å². The zero-order chi connectivity index (χ0) is 14.2. The molecule has 2 heterocycles. The Morgan fingerprint density at radius 1 is 1.33 bits per heavy atom. The van der Waals surface area contributed by atoms with Crippen LogP contribution >= 0.6 is 0 Å². The van der Waals surface area contributed by atoms with Crippen molar-refractivity contribution in [1.82, 2.24) is 15.1 Å². The van der Waals surface area contributed by atoms with Crippen molar-refractivity contribution in [1.29, 1.82) is 0 Å². The second-order valence-corrected chi connectivity index (χ2v) is 6.71. The van der Waals surface area contributed by atoms with Crippen LogP contribution in [0, 0.1) is 17.8 Å². The van der Waals surface area contributed by atoms with Crippen LogP contribution in [0.15, 0.2) is 18.5 Å². The SMILES string of the molecule is O=C(Cn1cccn1)N[C@H]1[C@H]2CCO[C@H]2[C@H]1C1CCCC1.